The smallest absolute Gasteiger partial charge is 0.434 e. The van der Waals surface area contributed by atoms with Gasteiger partial charge in [-0.2, -0.15) is 0 Å². The third kappa shape index (κ3) is 5.42. The van der Waals surface area contributed by atoms with Gasteiger partial charge < -0.3 is 18.9 Å². The highest BCUT2D eigenvalue weighted by Gasteiger charge is 2.22. The molecule has 0 aromatic carbocycles. The number of hydrogen-bond acceptors (Lipinski definition) is 6. The van der Waals surface area contributed by atoms with E-state index >= 15 is 0 Å². The van der Waals surface area contributed by atoms with E-state index in [9.17, 15) is 9.59 Å². The second-order valence-corrected chi connectivity index (χ2v) is 4.16. The lowest BCUT2D eigenvalue weighted by molar-refractivity contribution is -0.0473. The lowest BCUT2D eigenvalue weighted by Crippen LogP contribution is -2.30. The zero-order chi connectivity index (χ0) is 12.8. The normalized spacial score (nSPS) is 32.1. The summed E-state index contributed by atoms with van der Waals surface area (Å²) >= 11 is 0. The van der Waals surface area contributed by atoms with Gasteiger partial charge in [0.15, 0.2) is 0 Å². The Kier molecular flexibility index (Phi) is 5.06. The van der Waals surface area contributed by atoms with Crippen LogP contribution in [0.2, 0.25) is 0 Å². The summed E-state index contributed by atoms with van der Waals surface area (Å²) in [7, 11) is 0. The van der Waals surface area contributed by atoms with Crippen molar-refractivity contribution in [2.24, 2.45) is 0 Å². The van der Waals surface area contributed by atoms with Crippen molar-refractivity contribution < 1.29 is 28.5 Å². The summed E-state index contributed by atoms with van der Waals surface area (Å²) in [6.07, 6.45) is 0.598. The predicted octanol–water partition coefficient (Wildman–Crippen LogP) is 2.25. The van der Waals surface area contributed by atoms with Crippen LogP contribution in [0.3, 0.4) is 0 Å². The largest absolute Gasteiger partial charge is 0.508 e. The average molecular weight is 246 g/mol. The Morgan fingerprint density at radius 3 is 1.76 bits per heavy atom. The van der Waals surface area contributed by atoms with Gasteiger partial charge in [0.2, 0.25) is 0 Å². The van der Waals surface area contributed by atoms with Crippen LogP contribution in [0.4, 0.5) is 9.59 Å². The second-order valence-electron chi connectivity index (χ2n) is 4.16. The first-order valence-electron chi connectivity index (χ1n) is 5.68. The van der Waals surface area contributed by atoms with Gasteiger partial charge in [-0.05, 0) is 20.8 Å². The van der Waals surface area contributed by atoms with Crippen molar-refractivity contribution in [2.45, 2.75) is 51.9 Å². The van der Waals surface area contributed by atoms with E-state index in [2.05, 4.69) is 9.47 Å². The molecule has 6 nitrogen and oxygen atoms in total. The van der Waals surface area contributed by atoms with Crippen molar-refractivity contribution in [2.75, 3.05) is 6.61 Å². The van der Waals surface area contributed by atoms with Gasteiger partial charge in [-0.3, -0.25) is 0 Å². The fourth-order valence-electron chi connectivity index (χ4n) is 1.49. The van der Waals surface area contributed by atoms with E-state index < -0.39 is 12.3 Å². The summed E-state index contributed by atoms with van der Waals surface area (Å²) in [5, 5.41) is 0. The van der Waals surface area contributed by atoms with Crippen molar-refractivity contribution in [1.29, 1.82) is 0 Å². The number of carbonyl (C=O) groups excluding carboxylic acids is 2. The van der Waals surface area contributed by atoms with Crippen LogP contribution in [0.5, 0.6) is 0 Å². The van der Waals surface area contributed by atoms with Gasteiger partial charge in [-0.15, -0.1) is 0 Å². The molecule has 2 aliphatic rings. The fourth-order valence-corrected chi connectivity index (χ4v) is 1.49. The van der Waals surface area contributed by atoms with Gasteiger partial charge >= 0.3 is 12.3 Å². The minimum absolute atomic E-state index is 0.0150. The Morgan fingerprint density at radius 2 is 1.41 bits per heavy atom. The van der Waals surface area contributed by atoms with Crippen LogP contribution in [0.15, 0.2) is 0 Å². The van der Waals surface area contributed by atoms with Crippen LogP contribution >= 0.6 is 0 Å². The van der Waals surface area contributed by atoms with Crippen molar-refractivity contribution in [3.05, 3.63) is 0 Å². The Balaban J connectivity index is 0.000000171. The Bertz CT molecular complexity index is 265. The highest BCUT2D eigenvalue weighted by atomic mass is 16.7. The molecule has 2 heterocycles. The summed E-state index contributed by atoms with van der Waals surface area (Å²) in [5.41, 5.74) is 0. The van der Waals surface area contributed by atoms with E-state index in [0.29, 0.717) is 6.61 Å². The van der Waals surface area contributed by atoms with E-state index in [1.165, 1.54) is 0 Å². The summed E-state index contributed by atoms with van der Waals surface area (Å²) < 4.78 is 18.5. The third-order valence-corrected chi connectivity index (χ3v) is 2.30. The van der Waals surface area contributed by atoms with Gasteiger partial charge in [0, 0.05) is 12.8 Å². The van der Waals surface area contributed by atoms with Gasteiger partial charge in [0.1, 0.15) is 18.3 Å². The molecule has 0 saturated carbocycles. The number of carbonyl (C=O) groups is 2. The Morgan fingerprint density at radius 1 is 0.882 bits per heavy atom. The van der Waals surface area contributed by atoms with Crippen LogP contribution in [-0.2, 0) is 18.9 Å². The fraction of sp³-hybridized carbons (Fsp3) is 0.818. The number of rotatable bonds is 0. The molecule has 2 fully saturated rings. The molecule has 0 aromatic rings. The van der Waals surface area contributed by atoms with Crippen molar-refractivity contribution >= 4 is 12.3 Å². The molecular formula is C11H18O6. The second kappa shape index (κ2) is 6.32. The topological polar surface area (TPSA) is 71.1 Å². The molecule has 0 radical (unpaired) electrons. The van der Waals surface area contributed by atoms with Gasteiger partial charge in [-0.25, -0.2) is 9.59 Å². The van der Waals surface area contributed by atoms with E-state index in [0.717, 1.165) is 12.8 Å². The molecule has 0 bridgehead atoms. The first-order valence-corrected chi connectivity index (χ1v) is 5.68. The average Bonchev–Trinajstić information content (AvgIpc) is 2.15. The maximum atomic E-state index is 10.4. The number of ether oxygens (including phenoxy) is 4. The van der Waals surface area contributed by atoms with Gasteiger partial charge in [0.25, 0.3) is 0 Å². The summed E-state index contributed by atoms with van der Waals surface area (Å²) in [6.45, 7) is 6.06. The molecule has 0 aromatic heterocycles. The van der Waals surface area contributed by atoms with E-state index in [-0.39, 0.29) is 18.3 Å². The highest BCUT2D eigenvalue weighted by Crippen LogP contribution is 2.13. The van der Waals surface area contributed by atoms with Crippen molar-refractivity contribution in [1.82, 2.24) is 0 Å². The van der Waals surface area contributed by atoms with Gasteiger partial charge in [0.05, 0.1) is 6.61 Å². The minimum Gasteiger partial charge on any atom is -0.434 e. The standard InChI is InChI=1S/C6H10O3.C5H8O3/c1-4-3-5(2)9-6(7)8-4;1-4-2-3-7-5(6)8-4/h4-5H,3H2,1-2H3;4H,2-3H2,1H3. The maximum absolute atomic E-state index is 10.4. The first-order chi connectivity index (χ1) is 7.97. The highest BCUT2D eigenvalue weighted by molar-refractivity contribution is 5.61. The quantitative estimate of drug-likeness (QED) is 0.610. The monoisotopic (exact) mass is 246 g/mol. The van der Waals surface area contributed by atoms with Crippen LogP contribution in [0.1, 0.15) is 33.6 Å². The molecule has 2 rings (SSSR count). The summed E-state index contributed by atoms with van der Waals surface area (Å²) in [5.74, 6) is 0. The zero-order valence-electron chi connectivity index (χ0n) is 10.3. The van der Waals surface area contributed by atoms with E-state index in [1.54, 1.807) is 0 Å². The molecule has 2 aliphatic heterocycles. The van der Waals surface area contributed by atoms with Crippen LogP contribution in [0, 0.1) is 0 Å². The molecular weight excluding hydrogens is 228 g/mol. The SMILES string of the molecule is CC1CC(C)OC(=O)O1.CC1CCOC(=O)O1. The summed E-state index contributed by atoms with van der Waals surface area (Å²) in [6, 6.07) is 0. The zero-order valence-corrected chi connectivity index (χ0v) is 10.3. The Hall–Kier alpha value is -1.46. The molecule has 6 heteroatoms. The predicted molar refractivity (Wildman–Crippen MR) is 57.6 cm³/mol. The van der Waals surface area contributed by atoms with E-state index in [4.69, 9.17) is 9.47 Å². The molecule has 98 valence electrons. The van der Waals surface area contributed by atoms with Crippen LogP contribution in [-0.4, -0.2) is 37.2 Å². The van der Waals surface area contributed by atoms with Crippen LogP contribution < -0.4 is 0 Å². The molecule has 0 amide bonds. The van der Waals surface area contributed by atoms with Crippen molar-refractivity contribution in [3.8, 4) is 0 Å². The van der Waals surface area contributed by atoms with Gasteiger partial charge in [-0.1, -0.05) is 0 Å². The molecule has 0 N–H and O–H groups in total. The lowest BCUT2D eigenvalue weighted by Gasteiger charge is -2.23. The number of cyclic esters (lactones) is 4. The molecule has 17 heavy (non-hydrogen) atoms. The van der Waals surface area contributed by atoms with Crippen molar-refractivity contribution in [3.63, 3.8) is 0 Å². The molecule has 3 atom stereocenters. The molecule has 3 unspecified atom stereocenters. The molecule has 2 saturated heterocycles. The maximum Gasteiger partial charge on any atom is 0.508 e. The number of hydrogen-bond donors (Lipinski definition) is 0. The minimum atomic E-state index is -0.541. The third-order valence-electron chi connectivity index (χ3n) is 2.30. The first kappa shape index (κ1) is 13.6. The summed E-state index contributed by atoms with van der Waals surface area (Å²) in [4.78, 5) is 20.7. The molecule has 0 aliphatic carbocycles. The van der Waals surface area contributed by atoms with E-state index in [1.807, 2.05) is 20.8 Å². The Labute approximate surface area is 100 Å². The van der Waals surface area contributed by atoms with Crippen LogP contribution in [0.25, 0.3) is 0 Å². The molecule has 0 spiro atoms. The lowest BCUT2D eigenvalue weighted by atomic mass is 10.2.